The number of nitrogens with one attached hydrogen (secondary N) is 1. The van der Waals surface area contributed by atoms with Crippen LogP contribution in [0.25, 0.3) is 0 Å². The van der Waals surface area contributed by atoms with E-state index in [1.165, 1.54) is 50.5 Å². The zero-order valence-corrected chi connectivity index (χ0v) is 14.6. The smallest absolute Gasteiger partial charge is 0.0159 e. The molecule has 1 N–H and O–H groups in total. The molecule has 0 bridgehead atoms. The van der Waals surface area contributed by atoms with Gasteiger partial charge in [-0.1, -0.05) is 90.1 Å². The third-order valence-corrected chi connectivity index (χ3v) is 4.63. The molecule has 0 aliphatic carbocycles. The Labute approximate surface area is 132 Å². The Bertz CT molecular complexity index is 355. The second-order valence-corrected chi connectivity index (χ2v) is 6.80. The molecule has 0 aliphatic heterocycles. The average Bonchev–Trinajstić information content (AvgIpc) is 2.50. The Kier molecular flexibility index (Phi) is 8.68. The normalized spacial score (nSPS) is 13.3. The van der Waals surface area contributed by atoms with E-state index in [2.05, 4.69) is 63.3 Å². The lowest BCUT2D eigenvalue weighted by Gasteiger charge is -2.36. The molecule has 0 heterocycles. The van der Waals surface area contributed by atoms with Gasteiger partial charge >= 0.3 is 0 Å². The molecular formula is C20H35N. The Morgan fingerprint density at radius 3 is 2.19 bits per heavy atom. The first-order valence-electron chi connectivity index (χ1n) is 8.91. The standard InChI is InChI=1S/C20H35N/c1-5-7-8-9-13-16-19(21-17-6-2)20(3,4)18-14-11-10-12-15-18/h10-12,14-15,19,21H,5-9,13,16-17H2,1-4H3. The van der Waals surface area contributed by atoms with Gasteiger partial charge < -0.3 is 5.32 Å². The third kappa shape index (κ3) is 6.22. The minimum absolute atomic E-state index is 0.196. The molecule has 0 aromatic heterocycles. The highest BCUT2D eigenvalue weighted by Crippen LogP contribution is 2.30. The number of benzene rings is 1. The van der Waals surface area contributed by atoms with Gasteiger partial charge in [-0.05, 0) is 24.9 Å². The van der Waals surface area contributed by atoms with Crippen LogP contribution in [0.5, 0.6) is 0 Å². The molecule has 0 fully saturated rings. The van der Waals surface area contributed by atoms with Crippen LogP contribution in [0.3, 0.4) is 0 Å². The van der Waals surface area contributed by atoms with Crippen molar-refractivity contribution in [2.45, 2.75) is 84.1 Å². The molecule has 0 amide bonds. The van der Waals surface area contributed by atoms with Crippen LogP contribution in [0.2, 0.25) is 0 Å². The van der Waals surface area contributed by atoms with E-state index in [1.54, 1.807) is 0 Å². The van der Waals surface area contributed by atoms with Crippen LogP contribution in [-0.2, 0) is 5.41 Å². The fraction of sp³-hybridized carbons (Fsp3) is 0.700. The van der Waals surface area contributed by atoms with Gasteiger partial charge in [0.25, 0.3) is 0 Å². The lowest BCUT2D eigenvalue weighted by atomic mass is 9.75. The number of unbranched alkanes of at least 4 members (excludes halogenated alkanes) is 4. The van der Waals surface area contributed by atoms with Crippen molar-refractivity contribution in [3.63, 3.8) is 0 Å². The van der Waals surface area contributed by atoms with Crippen LogP contribution in [0.1, 0.15) is 78.2 Å². The molecule has 1 aromatic carbocycles. The summed E-state index contributed by atoms with van der Waals surface area (Å²) >= 11 is 0. The number of rotatable bonds is 11. The van der Waals surface area contributed by atoms with Crippen LogP contribution < -0.4 is 5.32 Å². The second-order valence-electron chi connectivity index (χ2n) is 6.80. The minimum atomic E-state index is 0.196. The van der Waals surface area contributed by atoms with Crippen molar-refractivity contribution in [1.82, 2.24) is 5.32 Å². The Hall–Kier alpha value is -0.820. The van der Waals surface area contributed by atoms with Crippen LogP contribution >= 0.6 is 0 Å². The topological polar surface area (TPSA) is 12.0 Å². The first-order valence-corrected chi connectivity index (χ1v) is 8.91. The van der Waals surface area contributed by atoms with E-state index in [0.29, 0.717) is 6.04 Å². The average molecular weight is 290 g/mol. The lowest BCUT2D eigenvalue weighted by Crippen LogP contribution is -2.45. The van der Waals surface area contributed by atoms with E-state index in [0.717, 1.165) is 6.54 Å². The van der Waals surface area contributed by atoms with Gasteiger partial charge in [0.05, 0.1) is 0 Å². The fourth-order valence-corrected chi connectivity index (χ4v) is 3.06. The molecule has 0 spiro atoms. The predicted molar refractivity (Wildman–Crippen MR) is 94.9 cm³/mol. The highest BCUT2D eigenvalue weighted by Gasteiger charge is 2.30. The van der Waals surface area contributed by atoms with E-state index in [9.17, 15) is 0 Å². The highest BCUT2D eigenvalue weighted by atomic mass is 14.9. The second kappa shape index (κ2) is 10.00. The summed E-state index contributed by atoms with van der Waals surface area (Å²) in [7, 11) is 0. The summed E-state index contributed by atoms with van der Waals surface area (Å²) in [5.74, 6) is 0. The number of hydrogen-bond donors (Lipinski definition) is 1. The zero-order chi connectivity index (χ0) is 15.6. The zero-order valence-electron chi connectivity index (χ0n) is 14.6. The fourth-order valence-electron chi connectivity index (χ4n) is 3.06. The van der Waals surface area contributed by atoms with Gasteiger partial charge in [0.1, 0.15) is 0 Å². The van der Waals surface area contributed by atoms with Crippen molar-refractivity contribution in [3.05, 3.63) is 35.9 Å². The van der Waals surface area contributed by atoms with Gasteiger partial charge in [-0.25, -0.2) is 0 Å². The maximum absolute atomic E-state index is 3.80. The molecule has 0 saturated carbocycles. The summed E-state index contributed by atoms with van der Waals surface area (Å²) in [6, 6.07) is 11.6. The lowest BCUT2D eigenvalue weighted by molar-refractivity contribution is 0.313. The van der Waals surface area contributed by atoms with Gasteiger partial charge in [0.15, 0.2) is 0 Å². The third-order valence-electron chi connectivity index (χ3n) is 4.63. The molecule has 0 saturated heterocycles. The van der Waals surface area contributed by atoms with Crippen LogP contribution in [0.4, 0.5) is 0 Å². The van der Waals surface area contributed by atoms with Gasteiger partial charge in [-0.2, -0.15) is 0 Å². The molecule has 0 radical (unpaired) electrons. The van der Waals surface area contributed by atoms with Crippen molar-refractivity contribution in [2.24, 2.45) is 0 Å². The van der Waals surface area contributed by atoms with E-state index in [-0.39, 0.29) is 5.41 Å². The van der Waals surface area contributed by atoms with Gasteiger partial charge in [-0.15, -0.1) is 0 Å². The molecule has 0 aliphatic rings. The van der Waals surface area contributed by atoms with Crippen molar-refractivity contribution >= 4 is 0 Å². The maximum Gasteiger partial charge on any atom is 0.0159 e. The molecule has 1 rings (SSSR count). The van der Waals surface area contributed by atoms with Crippen molar-refractivity contribution in [3.8, 4) is 0 Å². The van der Waals surface area contributed by atoms with Crippen molar-refractivity contribution in [1.29, 1.82) is 0 Å². The van der Waals surface area contributed by atoms with Crippen molar-refractivity contribution < 1.29 is 0 Å². The summed E-state index contributed by atoms with van der Waals surface area (Å²) in [5.41, 5.74) is 1.65. The molecule has 1 aromatic rings. The van der Waals surface area contributed by atoms with Gasteiger partial charge in [-0.3, -0.25) is 0 Å². The quantitative estimate of drug-likeness (QED) is 0.516. The summed E-state index contributed by atoms with van der Waals surface area (Å²) in [4.78, 5) is 0. The number of hydrogen-bond acceptors (Lipinski definition) is 1. The van der Waals surface area contributed by atoms with E-state index in [1.807, 2.05) is 0 Å². The minimum Gasteiger partial charge on any atom is -0.313 e. The van der Waals surface area contributed by atoms with Crippen LogP contribution in [-0.4, -0.2) is 12.6 Å². The van der Waals surface area contributed by atoms with Gasteiger partial charge in [0, 0.05) is 11.5 Å². The van der Waals surface area contributed by atoms with E-state index in [4.69, 9.17) is 0 Å². The summed E-state index contributed by atoms with van der Waals surface area (Å²) < 4.78 is 0. The highest BCUT2D eigenvalue weighted by molar-refractivity contribution is 5.25. The first-order chi connectivity index (χ1) is 10.1. The summed E-state index contributed by atoms with van der Waals surface area (Å²) in [5, 5.41) is 3.80. The van der Waals surface area contributed by atoms with Crippen LogP contribution in [0.15, 0.2) is 30.3 Å². The summed E-state index contributed by atoms with van der Waals surface area (Å²) in [6.45, 7) is 10.4. The SMILES string of the molecule is CCCCCCCC(NCCC)C(C)(C)c1ccccc1. The predicted octanol–water partition coefficient (Wildman–Crippen LogP) is 5.69. The molecule has 1 heteroatoms. The molecule has 120 valence electrons. The Balaban J connectivity index is 2.62. The summed E-state index contributed by atoms with van der Waals surface area (Å²) in [6.07, 6.45) is 9.31. The molecule has 21 heavy (non-hydrogen) atoms. The molecule has 1 unspecified atom stereocenters. The molecular weight excluding hydrogens is 254 g/mol. The Morgan fingerprint density at radius 1 is 0.905 bits per heavy atom. The van der Waals surface area contributed by atoms with E-state index >= 15 is 0 Å². The largest absolute Gasteiger partial charge is 0.313 e. The van der Waals surface area contributed by atoms with E-state index < -0.39 is 0 Å². The van der Waals surface area contributed by atoms with Crippen LogP contribution in [0, 0.1) is 0 Å². The monoisotopic (exact) mass is 289 g/mol. The first kappa shape index (κ1) is 18.2. The Morgan fingerprint density at radius 2 is 1.57 bits per heavy atom. The van der Waals surface area contributed by atoms with Gasteiger partial charge in [0.2, 0.25) is 0 Å². The molecule has 1 atom stereocenters. The molecule has 1 nitrogen and oxygen atoms in total. The van der Waals surface area contributed by atoms with Crippen molar-refractivity contribution in [2.75, 3.05) is 6.54 Å². The maximum atomic E-state index is 3.80.